The summed E-state index contributed by atoms with van der Waals surface area (Å²) in [6.07, 6.45) is 5.26. The second-order valence-electron chi connectivity index (χ2n) is 5.26. The van der Waals surface area contributed by atoms with Crippen LogP contribution in [0.2, 0.25) is 0 Å². The van der Waals surface area contributed by atoms with Gasteiger partial charge < -0.3 is 15.4 Å². The van der Waals surface area contributed by atoms with Crippen LogP contribution >= 0.6 is 12.4 Å². The first-order valence-electron chi connectivity index (χ1n) is 6.90. The lowest BCUT2D eigenvalue weighted by Gasteiger charge is -2.22. The fourth-order valence-electron chi connectivity index (χ4n) is 2.67. The van der Waals surface area contributed by atoms with E-state index < -0.39 is 0 Å². The van der Waals surface area contributed by atoms with Gasteiger partial charge in [-0.2, -0.15) is 0 Å². The van der Waals surface area contributed by atoms with Crippen LogP contribution in [0.15, 0.2) is 0 Å². The zero-order valence-electron chi connectivity index (χ0n) is 11.0. The standard InChI is InChI=1S/C13H24N2O2.ClH/c16-13(9-12-1-5-14-10-12)15-6-2-11-3-7-17-8-4-11;/h11-12,14H,1-10H2,(H,15,16);1H. The minimum atomic E-state index is 0. The number of carbonyl (C=O) groups excluding carboxylic acids is 1. The van der Waals surface area contributed by atoms with E-state index in [1.54, 1.807) is 0 Å². The molecule has 0 aromatic rings. The molecular weight excluding hydrogens is 252 g/mol. The summed E-state index contributed by atoms with van der Waals surface area (Å²) in [5, 5.41) is 6.34. The third-order valence-corrected chi connectivity index (χ3v) is 3.85. The van der Waals surface area contributed by atoms with Crippen molar-refractivity contribution in [2.75, 3.05) is 32.8 Å². The normalized spacial score (nSPS) is 24.6. The van der Waals surface area contributed by atoms with Crippen molar-refractivity contribution in [3.8, 4) is 0 Å². The minimum absolute atomic E-state index is 0. The van der Waals surface area contributed by atoms with Crippen molar-refractivity contribution in [2.24, 2.45) is 11.8 Å². The Kier molecular flexibility index (Phi) is 7.63. The molecule has 2 saturated heterocycles. The number of rotatable bonds is 5. The van der Waals surface area contributed by atoms with Gasteiger partial charge in [0.15, 0.2) is 0 Å². The number of amides is 1. The van der Waals surface area contributed by atoms with Crippen LogP contribution in [0.5, 0.6) is 0 Å². The van der Waals surface area contributed by atoms with Crippen LogP contribution in [0.3, 0.4) is 0 Å². The Bertz CT molecular complexity index is 239. The molecule has 0 radical (unpaired) electrons. The van der Waals surface area contributed by atoms with Gasteiger partial charge in [-0.1, -0.05) is 0 Å². The third-order valence-electron chi connectivity index (χ3n) is 3.85. The van der Waals surface area contributed by atoms with E-state index in [-0.39, 0.29) is 18.3 Å². The molecule has 1 atom stereocenters. The zero-order chi connectivity index (χ0) is 11.9. The molecule has 0 aromatic carbocycles. The summed E-state index contributed by atoms with van der Waals surface area (Å²) in [4.78, 5) is 11.7. The third kappa shape index (κ3) is 5.55. The Hall–Kier alpha value is -0.320. The molecule has 2 aliphatic rings. The first-order chi connectivity index (χ1) is 8.34. The van der Waals surface area contributed by atoms with Gasteiger partial charge in [-0.25, -0.2) is 0 Å². The Morgan fingerprint density at radius 3 is 2.67 bits per heavy atom. The molecule has 4 nitrogen and oxygen atoms in total. The molecule has 0 bridgehead atoms. The summed E-state index contributed by atoms with van der Waals surface area (Å²) in [5.74, 6) is 1.53. The van der Waals surface area contributed by atoms with Gasteiger partial charge in [0.05, 0.1) is 0 Å². The Morgan fingerprint density at radius 2 is 2.00 bits per heavy atom. The summed E-state index contributed by atoms with van der Waals surface area (Å²) in [6.45, 7) is 4.70. The van der Waals surface area contributed by atoms with Gasteiger partial charge >= 0.3 is 0 Å². The van der Waals surface area contributed by atoms with E-state index in [0.717, 1.165) is 64.4 Å². The number of hydrogen-bond acceptors (Lipinski definition) is 3. The largest absolute Gasteiger partial charge is 0.381 e. The Labute approximate surface area is 116 Å². The van der Waals surface area contributed by atoms with E-state index in [1.165, 1.54) is 0 Å². The van der Waals surface area contributed by atoms with Crippen molar-refractivity contribution in [3.05, 3.63) is 0 Å². The maximum absolute atomic E-state index is 11.7. The van der Waals surface area contributed by atoms with Crippen LogP contribution in [0.4, 0.5) is 0 Å². The quantitative estimate of drug-likeness (QED) is 0.797. The SMILES string of the molecule is Cl.O=C(CC1CCNC1)NCCC1CCOCC1. The van der Waals surface area contributed by atoms with Crippen molar-refractivity contribution in [3.63, 3.8) is 0 Å². The molecule has 0 spiro atoms. The fraction of sp³-hybridized carbons (Fsp3) is 0.923. The van der Waals surface area contributed by atoms with Crippen LogP contribution in [-0.4, -0.2) is 38.8 Å². The molecule has 1 amide bonds. The van der Waals surface area contributed by atoms with E-state index >= 15 is 0 Å². The minimum Gasteiger partial charge on any atom is -0.381 e. The number of halogens is 1. The first-order valence-corrected chi connectivity index (χ1v) is 6.90. The van der Waals surface area contributed by atoms with Crippen molar-refractivity contribution in [2.45, 2.75) is 32.1 Å². The molecule has 5 heteroatoms. The average molecular weight is 277 g/mol. The number of hydrogen-bond donors (Lipinski definition) is 2. The van der Waals surface area contributed by atoms with Crippen molar-refractivity contribution in [1.29, 1.82) is 0 Å². The lowest BCUT2D eigenvalue weighted by atomic mass is 9.96. The van der Waals surface area contributed by atoms with Crippen molar-refractivity contribution < 1.29 is 9.53 Å². The number of nitrogens with one attached hydrogen (secondary N) is 2. The van der Waals surface area contributed by atoms with Crippen LogP contribution < -0.4 is 10.6 Å². The van der Waals surface area contributed by atoms with E-state index in [9.17, 15) is 4.79 Å². The Morgan fingerprint density at radius 1 is 1.22 bits per heavy atom. The molecule has 2 fully saturated rings. The molecule has 106 valence electrons. The monoisotopic (exact) mass is 276 g/mol. The molecule has 2 rings (SSSR count). The molecule has 18 heavy (non-hydrogen) atoms. The van der Waals surface area contributed by atoms with E-state index in [1.807, 2.05) is 0 Å². The molecule has 0 aliphatic carbocycles. The van der Waals surface area contributed by atoms with Crippen LogP contribution in [0, 0.1) is 11.8 Å². The summed E-state index contributed by atoms with van der Waals surface area (Å²) < 4.78 is 5.32. The molecule has 0 aromatic heterocycles. The van der Waals surface area contributed by atoms with Crippen molar-refractivity contribution in [1.82, 2.24) is 10.6 Å². The highest BCUT2D eigenvalue weighted by molar-refractivity contribution is 5.85. The van der Waals surface area contributed by atoms with Crippen LogP contribution in [0.25, 0.3) is 0 Å². The number of ether oxygens (including phenoxy) is 1. The molecule has 2 aliphatic heterocycles. The second-order valence-corrected chi connectivity index (χ2v) is 5.26. The van der Waals surface area contributed by atoms with E-state index in [2.05, 4.69) is 10.6 Å². The maximum atomic E-state index is 11.7. The predicted octanol–water partition coefficient (Wildman–Crippen LogP) is 1.34. The molecule has 1 unspecified atom stereocenters. The summed E-state index contributed by atoms with van der Waals surface area (Å²) in [5.41, 5.74) is 0. The highest BCUT2D eigenvalue weighted by Gasteiger charge is 2.18. The van der Waals surface area contributed by atoms with Crippen molar-refractivity contribution >= 4 is 18.3 Å². The van der Waals surface area contributed by atoms with Gasteiger partial charge in [0, 0.05) is 26.2 Å². The lowest BCUT2D eigenvalue weighted by Crippen LogP contribution is -2.29. The van der Waals surface area contributed by atoms with Crippen LogP contribution in [0.1, 0.15) is 32.1 Å². The topological polar surface area (TPSA) is 50.4 Å². The van der Waals surface area contributed by atoms with E-state index in [4.69, 9.17) is 4.74 Å². The van der Waals surface area contributed by atoms with Crippen LogP contribution in [-0.2, 0) is 9.53 Å². The highest BCUT2D eigenvalue weighted by atomic mass is 35.5. The van der Waals surface area contributed by atoms with E-state index in [0.29, 0.717) is 12.3 Å². The van der Waals surface area contributed by atoms with Gasteiger partial charge in [-0.05, 0) is 50.6 Å². The first kappa shape index (κ1) is 15.7. The zero-order valence-corrected chi connectivity index (χ0v) is 11.8. The number of carbonyl (C=O) groups is 1. The lowest BCUT2D eigenvalue weighted by molar-refractivity contribution is -0.121. The van der Waals surface area contributed by atoms with Gasteiger partial charge in [-0.15, -0.1) is 12.4 Å². The summed E-state index contributed by atoms with van der Waals surface area (Å²) in [6, 6.07) is 0. The van der Waals surface area contributed by atoms with Gasteiger partial charge in [0.25, 0.3) is 0 Å². The van der Waals surface area contributed by atoms with Gasteiger partial charge in [0.1, 0.15) is 0 Å². The molecule has 2 heterocycles. The smallest absolute Gasteiger partial charge is 0.220 e. The summed E-state index contributed by atoms with van der Waals surface area (Å²) in [7, 11) is 0. The molecular formula is C13H25ClN2O2. The fourth-order valence-corrected chi connectivity index (χ4v) is 2.67. The highest BCUT2D eigenvalue weighted by Crippen LogP contribution is 2.17. The van der Waals surface area contributed by atoms with Gasteiger partial charge in [0.2, 0.25) is 5.91 Å². The maximum Gasteiger partial charge on any atom is 0.220 e. The summed E-state index contributed by atoms with van der Waals surface area (Å²) >= 11 is 0. The molecule has 0 saturated carbocycles. The average Bonchev–Trinajstić information content (AvgIpc) is 2.83. The Balaban J connectivity index is 0.00000162. The van der Waals surface area contributed by atoms with Gasteiger partial charge in [-0.3, -0.25) is 4.79 Å². The molecule has 2 N–H and O–H groups in total. The second kappa shape index (κ2) is 8.73. The predicted molar refractivity (Wildman–Crippen MR) is 74.0 cm³/mol.